The number of anilines is 1. The molecule has 0 aromatic heterocycles. The van der Waals surface area contributed by atoms with Crippen molar-refractivity contribution in [2.24, 2.45) is 0 Å². The van der Waals surface area contributed by atoms with Crippen LogP contribution in [0.2, 0.25) is 0 Å². The van der Waals surface area contributed by atoms with Gasteiger partial charge in [0.1, 0.15) is 16.2 Å². The lowest BCUT2D eigenvalue weighted by molar-refractivity contribution is -0.122. The molecule has 3 aromatic carbocycles. The molecule has 0 atom stereocenters. The van der Waals surface area contributed by atoms with Crippen LogP contribution < -0.4 is 23.9 Å². The summed E-state index contributed by atoms with van der Waals surface area (Å²) in [5, 5.41) is 2.17. The van der Waals surface area contributed by atoms with Gasteiger partial charge in [-0.2, -0.15) is 8.42 Å². The van der Waals surface area contributed by atoms with Crippen LogP contribution in [0.3, 0.4) is 0 Å². The molecule has 1 saturated heterocycles. The van der Waals surface area contributed by atoms with E-state index in [1.807, 2.05) is 13.8 Å². The van der Waals surface area contributed by atoms with E-state index in [1.54, 1.807) is 43.3 Å². The normalized spacial score (nSPS) is 14.7. The van der Waals surface area contributed by atoms with Gasteiger partial charge in [0.15, 0.2) is 11.5 Å². The molecule has 1 N–H and O–H groups in total. The van der Waals surface area contributed by atoms with Gasteiger partial charge in [-0.1, -0.05) is 30.7 Å². The van der Waals surface area contributed by atoms with E-state index in [0.29, 0.717) is 17.9 Å². The number of carbonyl (C=O) groups excluding carboxylic acids is 3. The van der Waals surface area contributed by atoms with E-state index in [-0.39, 0.29) is 34.3 Å². The second-order valence-electron chi connectivity index (χ2n) is 8.79. The molecule has 1 fully saturated rings. The topological polar surface area (TPSA) is 128 Å². The van der Waals surface area contributed by atoms with Crippen LogP contribution in [0.25, 0.3) is 6.08 Å². The number of rotatable bonds is 10. The predicted octanol–water partition coefficient (Wildman–Crippen LogP) is 4.62. The Bertz CT molecular complexity index is 1560. The van der Waals surface area contributed by atoms with Crippen molar-refractivity contribution in [3.63, 3.8) is 0 Å². The molecule has 0 radical (unpaired) electrons. The molecule has 0 unspecified atom stereocenters. The highest BCUT2D eigenvalue weighted by Gasteiger charge is 2.37. The third-order valence-corrected chi connectivity index (χ3v) is 7.01. The molecular weight excluding hydrogens is 536 g/mol. The van der Waals surface area contributed by atoms with Crippen LogP contribution in [0.15, 0.2) is 77.2 Å². The summed E-state index contributed by atoms with van der Waals surface area (Å²) in [4.78, 5) is 39.3. The largest absolute Gasteiger partial charge is 0.494 e. The highest BCUT2D eigenvalue weighted by atomic mass is 32.2. The van der Waals surface area contributed by atoms with Gasteiger partial charge < -0.3 is 13.7 Å². The quantitative estimate of drug-likeness (QED) is 0.215. The molecule has 0 bridgehead atoms. The SMILES string of the molecule is CCCOc1ccc(N2C(=O)NC(=O)/C(=C/c3ccc(OS(=O)(=O)c4ccc(C)cc4)c(OCC)c3)C2=O)cc1. The van der Waals surface area contributed by atoms with Crippen LogP contribution in [0, 0.1) is 6.92 Å². The summed E-state index contributed by atoms with van der Waals surface area (Å²) in [6.45, 7) is 6.24. The van der Waals surface area contributed by atoms with Gasteiger partial charge >= 0.3 is 16.1 Å². The van der Waals surface area contributed by atoms with E-state index in [1.165, 1.54) is 36.4 Å². The van der Waals surface area contributed by atoms with E-state index in [2.05, 4.69) is 5.32 Å². The Morgan fingerprint density at radius 3 is 2.23 bits per heavy atom. The molecule has 40 heavy (non-hydrogen) atoms. The van der Waals surface area contributed by atoms with Gasteiger partial charge in [0, 0.05) is 0 Å². The van der Waals surface area contributed by atoms with E-state index >= 15 is 0 Å². The second-order valence-corrected chi connectivity index (χ2v) is 10.3. The first-order chi connectivity index (χ1) is 19.1. The van der Waals surface area contributed by atoms with Crippen molar-refractivity contribution < 1.29 is 36.5 Å². The zero-order chi connectivity index (χ0) is 28.9. The number of amides is 4. The van der Waals surface area contributed by atoms with Gasteiger partial charge in [-0.25, -0.2) is 9.69 Å². The maximum Gasteiger partial charge on any atom is 0.339 e. The number of hydrogen-bond donors (Lipinski definition) is 1. The van der Waals surface area contributed by atoms with Crippen molar-refractivity contribution in [1.82, 2.24) is 5.32 Å². The summed E-state index contributed by atoms with van der Waals surface area (Å²) in [5.41, 5.74) is 1.20. The van der Waals surface area contributed by atoms with Crippen molar-refractivity contribution in [3.05, 3.63) is 83.4 Å². The standard InChI is InChI=1S/C29H28N2O8S/c1-4-16-38-22-11-9-21(10-12-22)31-28(33)24(27(32)30-29(31)34)17-20-8-15-25(26(18-20)37-5-2)39-40(35,36)23-13-6-19(3)7-14-23/h6-15,17-18H,4-5,16H2,1-3H3,(H,30,32,34)/b24-17-. The molecule has 0 aliphatic carbocycles. The number of urea groups is 1. The van der Waals surface area contributed by atoms with Gasteiger partial charge in [0.25, 0.3) is 11.8 Å². The maximum absolute atomic E-state index is 13.3. The lowest BCUT2D eigenvalue weighted by atomic mass is 10.1. The van der Waals surface area contributed by atoms with Crippen molar-refractivity contribution in [2.75, 3.05) is 18.1 Å². The summed E-state index contributed by atoms with van der Waals surface area (Å²) in [7, 11) is -4.15. The summed E-state index contributed by atoms with van der Waals surface area (Å²) < 4.78 is 42.1. The summed E-state index contributed by atoms with van der Waals surface area (Å²) in [5.74, 6) is -1.08. The molecule has 11 heteroatoms. The smallest absolute Gasteiger partial charge is 0.339 e. The van der Waals surface area contributed by atoms with Gasteiger partial charge in [0.2, 0.25) is 0 Å². The highest BCUT2D eigenvalue weighted by Crippen LogP contribution is 2.33. The zero-order valence-corrected chi connectivity index (χ0v) is 23.0. The molecule has 3 aromatic rings. The summed E-state index contributed by atoms with van der Waals surface area (Å²) in [6, 6.07) is 15.9. The molecule has 0 saturated carbocycles. The second kappa shape index (κ2) is 12.0. The molecule has 4 amide bonds. The molecule has 1 heterocycles. The third-order valence-electron chi connectivity index (χ3n) is 5.76. The van der Waals surface area contributed by atoms with Crippen molar-refractivity contribution >= 4 is 39.7 Å². The number of nitrogens with zero attached hydrogens (tertiary/aromatic N) is 1. The fourth-order valence-electron chi connectivity index (χ4n) is 3.79. The zero-order valence-electron chi connectivity index (χ0n) is 22.2. The minimum Gasteiger partial charge on any atom is -0.494 e. The summed E-state index contributed by atoms with van der Waals surface area (Å²) in [6.07, 6.45) is 2.11. The van der Waals surface area contributed by atoms with E-state index in [4.69, 9.17) is 13.7 Å². The van der Waals surface area contributed by atoms with Gasteiger partial charge in [-0.15, -0.1) is 0 Å². The third kappa shape index (κ3) is 6.32. The first-order valence-corrected chi connectivity index (χ1v) is 14.0. The minimum atomic E-state index is -4.15. The first kappa shape index (κ1) is 28.4. The number of ether oxygens (including phenoxy) is 2. The van der Waals surface area contributed by atoms with E-state index < -0.39 is 28.0 Å². The minimum absolute atomic E-state index is 0.0223. The average Bonchev–Trinajstić information content (AvgIpc) is 2.92. The number of barbiturate groups is 1. The Hall–Kier alpha value is -4.64. The highest BCUT2D eigenvalue weighted by molar-refractivity contribution is 7.87. The van der Waals surface area contributed by atoms with Crippen LogP contribution in [0.1, 0.15) is 31.4 Å². The number of aryl methyl sites for hydroxylation is 1. The molecule has 1 aliphatic heterocycles. The summed E-state index contributed by atoms with van der Waals surface area (Å²) >= 11 is 0. The van der Waals surface area contributed by atoms with Crippen LogP contribution in [0.5, 0.6) is 17.2 Å². The molecule has 10 nitrogen and oxygen atoms in total. The Morgan fingerprint density at radius 1 is 0.875 bits per heavy atom. The fraction of sp³-hybridized carbons (Fsp3) is 0.207. The van der Waals surface area contributed by atoms with Crippen LogP contribution >= 0.6 is 0 Å². The fourth-order valence-corrected chi connectivity index (χ4v) is 4.73. The number of nitrogens with one attached hydrogen (secondary N) is 1. The van der Waals surface area contributed by atoms with Crippen LogP contribution in [0.4, 0.5) is 10.5 Å². The molecule has 0 spiro atoms. The van der Waals surface area contributed by atoms with Gasteiger partial charge in [0.05, 0.1) is 18.9 Å². The van der Waals surface area contributed by atoms with Crippen molar-refractivity contribution in [1.29, 1.82) is 0 Å². The first-order valence-electron chi connectivity index (χ1n) is 12.5. The van der Waals surface area contributed by atoms with Crippen LogP contribution in [-0.2, 0) is 19.7 Å². The monoisotopic (exact) mass is 564 g/mol. The molecule has 1 aliphatic rings. The van der Waals surface area contributed by atoms with Gasteiger partial charge in [-0.3, -0.25) is 14.9 Å². The molecular formula is C29H28N2O8S. The number of carbonyl (C=O) groups is 3. The van der Waals surface area contributed by atoms with Crippen LogP contribution in [-0.4, -0.2) is 39.5 Å². The van der Waals surface area contributed by atoms with E-state index in [0.717, 1.165) is 16.9 Å². The van der Waals surface area contributed by atoms with Crippen molar-refractivity contribution in [2.45, 2.75) is 32.1 Å². The Balaban J connectivity index is 1.62. The lowest BCUT2D eigenvalue weighted by Gasteiger charge is -2.26. The molecule has 208 valence electrons. The number of imide groups is 2. The van der Waals surface area contributed by atoms with Gasteiger partial charge in [-0.05, 0) is 80.4 Å². The maximum atomic E-state index is 13.3. The lowest BCUT2D eigenvalue weighted by Crippen LogP contribution is -2.54. The Kier molecular flexibility index (Phi) is 8.54. The number of hydrogen-bond acceptors (Lipinski definition) is 8. The predicted molar refractivity (Wildman–Crippen MR) is 148 cm³/mol. The molecule has 4 rings (SSSR count). The average molecular weight is 565 g/mol. The van der Waals surface area contributed by atoms with E-state index in [9.17, 15) is 22.8 Å². The number of benzene rings is 3. The Morgan fingerprint density at radius 2 is 1.57 bits per heavy atom. The van der Waals surface area contributed by atoms with Crippen molar-refractivity contribution in [3.8, 4) is 17.2 Å². The Labute approximate surface area is 232 Å².